The van der Waals surface area contributed by atoms with Crippen molar-refractivity contribution in [3.63, 3.8) is 0 Å². The lowest BCUT2D eigenvalue weighted by Gasteiger charge is -2.25. The lowest BCUT2D eigenvalue weighted by molar-refractivity contribution is -0.0925. The van der Waals surface area contributed by atoms with Crippen molar-refractivity contribution in [3.8, 4) is 12.0 Å². The molecule has 2 rings (SSSR count). The normalized spacial score (nSPS) is 13.1. The molecule has 36 heavy (non-hydrogen) atoms. The molecular weight excluding hydrogens is 461 g/mol. The van der Waals surface area contributed by atoms with Crippen LogP contribution in [0, 0.1) is 23.3 Å². The van der Waals surface area contributed by atoms with Gasteiger partial charge in [0.2, 0.25) is 0 Å². The second-order valence-electron chi connectivity index (χ2n) is 10.0. The highest BCUT2D eigenvalue weighted by Gasteiger charge is 2.31. The van der Waals surface area contributed by atoms with Crippen LogP contribution in [0.2, 0.25) is 0 Å². The number of hydrogen-bond donors (Lipinski definition) is 2. The lowest BCUT2D eigenvalue weighted by atomic mass is 9.87. The molecule has 0 amide bonds. The topological polar surface area (TPSA) is 66.0 Å². The van der Waals surface area contributed by atoms with Crippen molar-refractivity contribution in [2.75, 3.05) is 11.4 Å². The van der Waals surface area contributed by atoms with Crippen LogP contribution < -0.4 is 10.6 Å². The Hall–Kier alpha value is -3.27. The molecule has 0 bridgehead atoms. The number of aromatic nitrogens is 1. The summed E-state index contributed by atoms with van der Waals surface area (Å²) in [6, 6.07) is 14.8. The van der Waals surface area contributed by atoms with E-state index in [-0.39, 0.29) is 11.1 Å². The van der Waals surface area contributed by atoms with Gasteiger partial charge in [0, 0.05) is 30.0 Å². The predicted molar refractivity (Wildman–Crippen MR) is 142 cm³/mol. The molecule has 0 fully saturated rings. The Morgan fingerprint density at radius 1 is 1.14 bits per heavy atom. The quantitative estimate of drug-likeness (QED) is 0.219. The van der Waals surface area contributed by atoms with Gasteiger partial charge in [-0.3, -0.25) is 10.4 Å². The molecule has 194 valence electrons. The van der Waals surface area contributed by atoms with Crippen molar-refractivity contribution in [2.45, 2.75) is 71.9 Å². The standard InChI is InChI=1S/C29H37F3N4/c1-6-8-9-21(7-2)20-36(24-12-10-23(11-13-24)28(3,4)5)17-15-22-14-16-35-26(18-22)25(33)19-27(34)29(30,31)32/h10-14,16,18-19,21,33H,6-9,20,34H2,1-5H3. The summed E-state index contributed by atoms with van der Waals surface area (Å²) in [5.41, 5.74) is 6.20. The maximum absolute atomic E-state index is 12.7. The first-order valence-electron chi connectivity index (χ1n) is 12.3. The van der Waals surface area contributed by atoms with Crippen LogP contribution in [0.25, 0.3) is 0 Å². The maximum Gasteiger partial charge on any atom is 0.430 e. The zero-order valence-corrected chi connectivity index (χ0v) is 21.8. The predicted octanol–water partition coefficient (Wildman–Crippen LogP) is 7.18. The summed E-state index contributed by atoms with van der Waals surface area (Å²) in [7, 11) is 0. The van der Waals surface area contributed by atoms with Crippen LogP contribution in [-0.2, 0) is 5.41 Å². The summed E-state index contributed by atoms with van der Waals surface area (Å²) >= 11 is 0. The number of nitrogens with one attached hydrogen (secondary N) is 1. The summed E-state index contributed by atoms with van der Waals surface area (Å²) in [4.78, 5) is 6.06. The summed E-state index contributed by atoms with van der Waals surface area (Å²) in [6.45, 7) is 11.7. The van der Waals surface area contributed by atoms with Gasteiger partial charge in [0.05, 0.1) is 11.4 Å². The number of benzene rings is 1. The zero-order valence-electron chi connectivity index (χ0n) is 21.8. The van der Waals surface area contributed by atoms with E-state index in [1.54, 1.807) is 6.07 Å². The molecule has 1 heterocycles. The number of rotatable bonds is 9. The van der Waals surface area contributed by atoms with Crippen molar-refractivity contribution >= 4 is 11.4 Å². The average Bonchev–Trinajstić information content (AvgIpc) is 2.82. The molecule has 1 aromatic heterocycles. The van der Waals surface area contributed by atoms with Crippen LogP contribution in [0.1, 0.15) is 77.1 Å². The van der Waals surface area contributed by atoms with E-state index in [4.69, 9.17) is 11.1 Å². The van der Waals surface area contributed by atoms with E-state index in [0.717, 1.165) is 37.9 Å². The number of nitrogens with two attached hydrogens (primary N) is 1. The zero-order chi connectivity index (χ0) is 26.9. The minimum Gasteiger partial charge on any atom is -0.395 e. The van der Waals surface area contributed by atoms with Crippen molar-refractivity contribution in [3.05, 3.63) is 71.2 Å². The number of hydrogen-bond acceptors (Lipinski definition) is 4. The Morgan fingerprint density at radius 2 is 1.81 bits per heavy atom. The van der Waals surface area contributed by atoms with Crippen LogP contribution in [0.15, 0.2) is 54.4 Å². The van der Waals surface area contributed by atoms with Gasteiger partial charge in [-0.25, -0.2) is 0 Å². The van der Waals surface area contributed by atoms with E-state index in [0.29, 0.717) is 17.6 Å². The monoisotopic (exact) mass is 498 g/mol. The van der Waals surface area contributed by atoms with E-state index >= 15 is 0 Å². The van der Waals surface area contributed by atoms with Crippen LogP contribution in [-0.4, -0.2) is 23.4 Å². The summed E-state index contributed by atoms with van der Waals surface area (Å²) in [5.74, 6) is 3.60. The minimum absolute atomic E-state index is 0.0456. The van der Waals surface area contributed by atoms with Crippen molar-refractivity contribution in [2.24, 2.45) is 11.7 Å². The molecule has 0 aliphatic rings. The third kappa shape index (κ3) is 8.75. The highest BCUT2D eigenvalue weighted by Crippen LogP contribution is 2.26. The van der Waals surface area contributed by atoms with Crippen LogP contribution >= 0.6 is 0 Å². The van der Waals surface area contributed by atoms with Gasteiger partial charge in [0.25, 0.3) is 0 Å². The molecule has 1 unspecified atom stereocenters. The molecule has 0 saturated heterocycles. The molecule has 0 aliphatic heterocycles. The molecule has 4 nitrogen and oxygen atoms in total. The molecular formula is C29H37F3N4. The van der Waals surface area contributed by atoms with Gasteiger partial charge in [-0.05, 0) is 59.6 Å². The first-order valence-corrected chi connectivity index (χ1v) is 12.3. The first kappa shape index (κ1) is 29.0. The van der Waals surface area contributed by atoms with E-state index in [9.17, 15) is 13.2 Å². The summed E-state index contributed by atoms with van der Waals surface area (Å²) in [5, 5.41) is 7.96. The van der Waals surface area contributed by atoms with Gasteiger partial charge in [-0.15, -0.1) is 0 Å². The molecule has 1 aromatic carbocycles. The summed E-state index contributed by atoms with van der Waals surface area (Å²) < 4.78 is 38.2. The van der Waals surface area contributed by atoms with Crippen LogP contribution in [0.5, 0.6) is 0 Å². The number of pyridine rings is 1. The van der Waals surface area contributed by atoms with Crippen molar-refractivity contribution < 1.29 is 13.2 Å². The number of anilines is 1. The highest BCUT2D eigenvalue weighted by molar-refractivity contribution is 6.05. The third-order valence-electron chi connectivity index (χ3n) is 6.03. The Kier molecular flexibility index (Phi) is 10.2. The van der Waals surface area contributed by atoms with E-state index in [2.05, 4.69) is 75.8 Å². The first-order chi connectivity index (χ1) is 16.8. The van der Waals surface area contributed by atoms with Gasteiger partial charge < -0.3 is 10.6 Å². The molecule has 0 saturated carbocycles. The van der Waals surface area contributed by atoms with E-state index in [1.165, 1.54) is 17.8 Å². The fourth-order valence-corrected chi connectivity index (χ4v) is 3.63. The second kappa shape index (κ2) is 12.6. The molecule has 3 N–H and O–H groups in total. The number of allylic oxidation sites excluding steroid dienone is 2. The van der Waals surface area contributed by atoms with Gasteiger partial charge >= 0.3 is 6.18 Å². The highest BCUT2D eigenvalue weighted by atomic mass is 19.4. The lowest BCUT2D eigenvalue weighted by Crippen LogP contribution is -2.25. The van der Waals surface area contributed by atoms with Crippen molar-refractivity contribution in [1.82, 2.24) is 4.98 Å². The molecule has 0 spiro atoms. The number of unbranched alkanes of at least 4 members (excludes halogenated alkanes) is 1. The fourth-order valence-electron chi connectivity index (χ4n) is 3.63. The Balaban J connectivity index is 2.37. The van der Waals surface area contributed by atoms with Crippen LogP contribution in [0.4, 0.5) is 18.9 Å². The van der Waals surface area contributed by atoms with Crippen molar-refractivity contribution in [1.29, 1.82) is 5.41 Å². The Morgan fingerprint density at radius 3 is 2.36 bits per heavy atom. The Labute approximate surface area is 213 Å². The Bertz CT molecular complexity index is 1100. The third-order valence-corrected chi connectivity index (χ3v) is 6.03. The summed E-state index contributed by atoms with van der Waals surface area (Å²) in [6.07, 6.45) is 1.78. The molecule has 0 radical (unpaired) electrons. The molecule has 2 aromatic rings. The maximum atomic E-state index is 12.7. The molecule has 0 aliphatic carbocycles. The fraction of sp³-hybridized carbons (Fsp3) is 0.448. The SMILES string of the molecule is CCCCC(CC)CN(C#Cc1ccnc(C(=N)C=C(N)C(F)(F)F)c1)c1ccc(C(C)(C)C)cc1. The largest absolute Gasteiger partial charge is 0.430 e. The van der Waals surface area contributed by atoms with E-state index in [1.807, 2.05) is 4.90 Å². The number of alkyl halides is 3. The van der Waals surface area contributed by atoms with Crippen LogP contribution in [0.3, 0.4) is 0 Å². The second-order valence-corrected chi connectivity index (χ2v) is 10.0. The van der Waals surface area contributed by atoms with E-state index < -0.39 is 17.6 Å². The smallest absolute Gasteiger partial charge is 0.395 e. The van der Waals surface area contributed by atoms with Gasteiger partial charge in [0.15, 0.2) is 0 Å². The number of halogens is 3. The number of nitrogens with zero attached hydrogens (tertiary/aromatic N) is 2. The van der Waals surface area contributed by atoms with Gasteiger partial charge in [-0.1, -0.05) is 66.0 Å². The minimum atomic E-state index is -4.69. The average molecular weight is 499 g/mol. The van der Waals surface area contributed by atoms with Gasteiger partial charge in [-0.2, -0.15) is 13.2 Å². The molecule has 7 heteroatoms. The molecule has 1 atom stereocenters. The van der Waals surface area contributed by atoms with Gasteiger partial charge in [0.1, 0.15) is 5.70 Å².